The van der Waals surface area contributed by atoms with Gasteiger partial charge in [-0.05, 0) is 18.6 Å². The average molecular weight is 280 g/mol. The largest absolute Gasteiger partial charge is 0.405 e. The zero-order valence-corrected chi connectivity index (χ0v) is 10.4. The van der Waals surface area contributed by atoms with Crippen molar-refractivity contribution in [3.63, 3.8) is 0 Å². The molecule has 0 saturated carbocycles. The van der Waals surface area contributed by atoms with E-state index in [1.165, 1.54) is 12.1 Å². The number of nitrogens with two attached hydrogens (primary N) is 1. The third-order valence-corrected chi connectivity index (χ3v) is 2.56. The molecule has 1 aromatic carbocycles. The number of alkyl halides is 3. The predicted octanol–water partition coefficient (Wildman–Crippen LogP) is 2.21. The van der Waals surface area contributed by atoms with Gasteiger partial charge in [-0.15, -0.1) is 0 Å². The van der Waals surface area contributed by atoms with Crippen molar-refractivity contribution in [2.75, 3.05) is 24.6 Å². The van der Waals surface area contributed by atoms with Crippen LogP contribution in [0.25, 0.3) is 0 Å². The van der Waals surface area contributed by atoms with Gasteiger partial charge in [0.1, 0.15) is 12.4 Å². The Kier molecular flexibility index (Phi) is 5.13. The third-order valence-electron chi connectivity index (χ3n) is 2.56. The van der Waals surface area contributed by atoms with E-state index >= 15 is 0 Å². The van der Waals surface area contributed by atoms with Crippen LogP contribution in [0.5, 0.6) is 0 Å². The Balaban J connectivity index is 3.21. The maximum Gasteiger partial charge on any atom is 0.405 e. The molecule has 0 aliphatic heterocycles. The normalized spacial score (nSPS) is 13.4. The summed E-state index contributed by atoms with van der Waals surface area (Å²) in [6.45, 7) is -0.611. The van der Waals surface area contributed by atoms with Crippen molar-refractivity contribution in [3.05, 3.63) is 29.6 Å². The topological polar surface area (TPSA) is 49.5 Å². The maximum absolute atomic E-state index is 13.8. The van der Waals surface area contributed by atoms with Crippen molar-refractivity contribution in [2.24, 2.45) is 5.73 Å². The number of rotatable bonds is 5. The van der Waals surface area contributed by atoms with Crippen molar-refractivity contribution in [1.82, 2.24) is 0 Å². The quantitative estimate of drug-likeness (QED) is 0.813. The van der Waals surface area contributed by atoms with E-state index in [4.69, 9.17) is 10.8 Å². The van der Waals surface area contributed by atoms with Crippen LogP contribution in [0.15, 0.2) is 18.2 Å². The van der Waals surface area contributed by atoms with Gasteiger partial charge in [0.15, 0.2) is 0 Å². The van der Waals surface area contributed by atoms with E-state index in [1.54, 1.807) is 6.92 Å². The van der Waals surface area contributed by atoms with Gasteiger partial charge in [-0.3, -0.25) is 0 Å². The van der Waals surface area contributed by atoms with Gasteiger partial charge in [-0.2, -0.15) is 13.2 Å². The number of hydrogen-bond acceptors (Lipinski definition) is 3. The van der Waals surface area contributed by atoms with Crippen LogP contribution < -0.4 is 10.6 Å². The van der Waals surface area contributed by atoms with Crippen LogP contribution in [0.3, 0.4) is 0 Å². The summed E-state index contributed by atoms with van der Waals surface area (Å²) in [5, 5.41) is 8.85. The molecule has 0 fully saturated rings. The van der Waals surface area contributed by atoms with Crippen LogP contribution in [-0.2, 0) is 0 Å². The van der Waals surface area contributed by atoms with E-state index in [0.29, 0.717) is 0 Å². The van der Waals surface area contributed by atoms with Crippen molar-refractivity contribution >= 4 is 5.69 Å². The summed E-state index contributed by atoms with van der Waals surface area (Å²) in [5.41, 5.74) is 5.71. The van der Waals surface area contributed by atoms with Gasteiger partial charge < -0.3 is 15.7 Å². The fourth-order valence-electron chi connectivity index (χ4n) is 1.84. The first-order chi connectivity index (χ1) is 8.76. The van der Waals surface area contributed by atoms with Crippen molar-refractivity contribution in [1.29, 1.82) is 0 Å². The molecule has 0 radical (unpaired) electrons. The summed E-state index contributed by atoms with van der Waals surface area (Å²) in [6.07, 6.45) is -4.49. The predicted molar refractivity (Wildman–Crippen MR) is 64.4 cm³/mol. The monoisotopic (exact) mass is 280 g/mol. The highest BCUT2D eigenvalue weighted by atomic mass is 19.4. The number of benzene rings is 1. The molecule has 7 heteroatoms. The fourth-order valence-corrected chi connectivity index (χ4v) is 1.84. The van der Waals surface area contributed by atoms with E-state index in [9.17, 15) is 17.6 Å². The van der Waals surface area contributed by atoms with Crippen LogP contribution >= 0.6 is 0 Å². The van der Waals surface area contributed by atoms with E-state index in [-0.39, 0.29) is 17.8 Å². The van der Waals surface area contributed by atoms with Gasteiger partial charge in [-0.1, -0.05) is 12.1 Å². The average Bonchev–Trinajstić information content (AvgIpc) is 2.26. The van der Waals surface area contributed by atoms with Crippen LogP contribution in [0, 0.1) is 5.82 Å². The summed E-state index contributed by atoms with van der Waals surface area (Å²) in [5.74, 6) is -0.785. The number of nitrogens with zero attached hydrogens (tertiary/aromatic N) is 1. The summed E-state index contributed by atoms with van der Waals surface area (Å²) in [7, 11) is 0. The molecule has 0 aliphatic carbocycles. The summed E-state index contributed by atoms with van der Waals surface area (Å²) < 4.78 is 51.3. The number of anilines is 1. The Labute approximate surface area is 108 Å². The Morgan fingerprint density at radius 1 is 1.37 bits per heavy atom. The zero-order chi connectivity index (χ0) is 14.6. The van der Waals surface area contributed by atoms with E-state index in [0.717, 1.165) is 11.0 Å². The molecule has 0 saturated heterocycles. The lowest BCUT2D eigenvalue weighted by atomic mass is 10.1. The number of aliphatic hydroxyl groups excluding tert-OH is 1. The molecule has 0 heterocycles. The van der Waals surface area contributed by atoms with Crippen molar-refractivity contribution in [2.45, 2.75) is 19.1 Å². The second-order valence-electron chi connectivity index (χ2n) is 4.23. The SMILES string of the molecule is C[C@H](N)c1cccc(F)c1N(CCO)CC(F)(F)F. The van der Waals surface area contributed by atoms with Crippen LogP contribution in [0.2, 0.25) is 0 Å². The first-order valence-electron chi connectivity index (χ1n) is 5.73. The summed E-state index contributed by atoms with van der Waals surface area (Å²) in [6, 6.07) is 3.33. The number of aliphatic hydroxyl groups is 1. The number of halogens is 4. The molecular formula is C12H16F4N2O. The molecule has 1 rings (SSSR count). The van der Waals surface area contributed by atoms with Gasteiger partial charge in [0, 0.05) is 12.6 Å². The maximum atomic E-state index is 13.8. The molecular weight excluding hydrogens is 264 g/mol. The third kappa shape index (κ3) is 4.36. The van der Waals surface area contributed by atoms with Gasteiger partial charge in [0.2, 0.25) is 0 Å². The number of hydrogen-bond donors (Lipinski definition) is 2. The molecule has 108 valence electrons. The minimum Gasteiger partial charge on any atom is -0.395 e. The Hall–Kier alpha value is -1.34. The summed E-state index contributed by atoms with van der Waals surface area (Å²) in [4.78, 5) is 0.758. The van der Waals surface area contributed by atoms with Crippen LogP contribution in [0.4, 0.5) is 23.2 Å². The minimum atomic E-state index is -4.49. The highest BCUT2D eigenvalue weighted by Gasteiger charge is 2.32. The summed E-state index contributed by atoms with van der Waals surface area (Å²) >= 11 is 0. The Bertz CT molecular complexity index is 421. The fraction of sp³-hybridized carbons (Fsp3) is 0.500. The Morgan fingerprint density at radius 3 is 2.47 bits per heavy atom. The number of para-hydroxylation sites is 1. The molecule has 0 amide bonds. The van der Waals surface area contributed by atoms with Crippen LogP contribution in [-0.4, -0.2) is 31.0 Å². The lowest BCUT2D eigenvalue weighted by Gasteiger charge is -2.28. The van der Waals surface area contributed by atoms with Gasteiger partial charge >= 0.3 is 6.18 Å². The van der Waals surface area contributed by atoms with E-state index in [2.05, 4.69) is 0 Å². The van der Waals surface area contributed by atoms with Crippen molar-refractivity contribution < 1.29 is 22.7 Å². The van der Waals surface area contributed by atoms with Crippen molar-refractivity contribution in [3.8, 4) is 0 Å². The second kappa shape index (κ2) is 6.21. The standard InChI is InChI=1S/C12H16F4N2O/c1-8(17)9-3-2-4-10(13)11(9)18(5-6-19)7-12(14,15)16/h2-4,8,19H,5-7,17H2,1H3/t8-/m0/s1. The minimum absolute atomic E-state index is 0.205. The molecule has 19 heavy (non-hydrogen) atoms. The van der Waals surface area contributed by atoms with E-state index in [1.807, 2.05) is 0 Å². The highest BCUT2D eigenvalue weighted by molar-refractivity contribution is 5.56. The Morgan fingerprint density at radius 2 is 2.00 bits per heavy atom. The first-order valence-corrected chi connectivity index (χ1v) is 5.73. The molecule has 3 nitrogen and oxygen atoms in total. The van der Waals surface area contributed by atoms with E-state index < -0.39 is 31.2 Å². The molecule has 0 bridgehead atoms. The lowest BCUT2D eigenvalue weighted by Crippen LogP contribution is -2.37. The molecule has 1 atom stereocenters. The van der Waals surface area contributed by atoms with Gasteiger partial charge in [-0.25, -0.2) is 4.39 Å². The first kappa shape index (κ1) is 15.7. The molecule has 3 N–H and O–H groups in total. The van der Waals surface area contributed by atoms with Gasteiger partial charge in [0.25, 0.3) is 0 Å². The highest BCUT2D eigenvalue weighted by Crippen LogP contribution is 2.30. The van der Waals surface area contributed by atoms with Gasteiger partial charge in [0.05, 0.1) is 12.3 Å². The molecule has 0 aliphatic rings. The second-order valence-corrected chi connectivity index (χ2v) is 4.23. The smallest absolute Gasteiger partial charge is 0.395 e. The zero-order valence-electron chi connectivity index (χ0n) is 10.4. The lowest BCUT2D eigenvalue weighted by molar-refractivity contribution is -0.119. The molecule has 0 aromatic heterocycles. The molecule has 0 spiro atoms. The molecule has 0 unspecified atom stereocenters. The molecule has 1 aromatic rings. The van der Waals surface area contributed by atoms with Crippen LogP contribution in [0.1, 0.15) is 18.5 Å².